The number of rotatable bonds is 1. The standard InChI is InChI=1S/C16H20N2O/c17-11-7-6-10-3-2-8-18(14(10)9-11)16(19)15-12-4-1-5-13(12)15/h6-7,9,12-13,15H,1-5,8,17H2. The summed E-state index contributed by atoms with van der Waals surface area (Å²) < 4.78 is 0. The van der Waals surface area contributed by atoms with Crippen molar-refractivity contribution in [1.82, 2.24) is 0 Å². The number of nitrogens with two attached hydrogens (primary N) is 1. The van der Waals surface area contributed by atoms with Gasteiger partial charge in [-0.15, -0.1) is 0 Å². The summed E-state index contributed by atoms with van der Waals surface area (Å²) in [7, 11) is 0. The molecule has 3 aliphatic rings. The van der Waals surface area contributed by atoms with Crippen LogP contribution in [0.15, 0.2) is 18.2 Å². The van der Waals surface area contributed by atoms with E-state index in [-0.39, 0.29) is 0 Å². The van der Waals surface area contributed by atoms with Gasteiger partial charge >= 0.3 is 0 Å². The van der Waals surface area contributed by atoms with Crippen molar-refractivity contribution in [3.8, 4) is 0 Å². The minimum Gasteiger partial charge on any atom is -0.399 e. The molecule has 0 saturated heterocycles. The second-order valence-electron chi connectivity index (χ2n) is 6.27. The number of nitrogens with zero attached hydrogens (tertiary/aromatic N) is 1. The lowest BCUT2D eigenvalue weighted by atomic mass is 10.00. The fraction of sp³-hybridized carbons (Fsp3) is 0.562. The van der Waals surface area contributed by atoms with E-state index < -0.39 is 0 Å². The first-order chi connectivity index (χ1) is 9.25. The van der Waals surface area contributed by atoms with Crippen LogP contribution in [0.2, 0.25) is 0 Å². The number of fused-ring (bicyclic) bond motifs is 2. The maximum Gasteiger partial charge on any atom is 0.230 e. The van der Waals surface area contributed by atoms with Crippen molar-refractivity contribution in [1.29, 1.82) is 0 Å². The highest BCUT2D eigenvalue weighted by molar-refractivity contribution is 5.98. The van der Waals surface area contributed by atoms with E-state index in [1.165, 1.54) is 24.8 Å². The highest BCUT2D eigenvalue weighted by Gasteiger charge is 2.57. The summed E-state index contributed by atoms with van der Waals surface area (Å²) in [5.41, 5.74) is 9.00. The topological polar surface area (TPSA) is 46.3 Å². The largest absolute Gasteiger partial charge is 0.399 e. The lowest BCUT2D eigenvalue weighted by Crippen LogP contribution is -2.37. The number of aryl methyl sites for hydroxylation is 1. The van der Waals surface area contributed by atoms with E-state index in [9.17, 15) is 4.79 Å². The summed E-state index contributed by atoms with van der Waals surface area (Å²) in [5.74, 6) is 2.07. The third kappa shape index (κ3) is 1.67. The summed E-state index contributed by atoms with van der Waals surface area (Å²) >= 11 is 0. The zero-order chi connectivity index (χ0) is 13.0. The van der Waals surface area contributed by atoms with E-state index in [1.807, 2.05) is 17.0 Å². The molecule has 2 saturated carbocycles. The average Bonchev–Trinajstić information content (AvgIpc) is 2.90. The van der Waals surface area contributed by atoms with E-state index in [0.717, 1.165) is 30.8 Å². The molecule has 0 aromatic heterocycles. The molecule has 0 radical (unpaired) electrons. The molecule has 0 bridgehead atoms. The zero-order valence-electron chi connectivity index (χ0n) is 11.1. The number of hydrogen-bond acceptors (Lipinski definition) is 2. The molecular formula is C16H20N2O. The minimum absolute atomic E-state index is 0.320. The molecule has 3 nitrogen and oxygen atoms in total. The highest BCUT2D eigenvalue weighted by Crippen LogP contribution is 2.58. The van der Waals surface area contributed by atoms with Gasteiger partial charge in [-0.2, -0.15) is 0 Å². The molecule has 2 atom stereocenters. The first-order valence-electron chi connectivity index (χ1n) is 7.45. The number of nitrogen functional groups attached to an aromatic ring is 1. The van der Waals surface area contributed by atoms with E-state index in [4.69, 9.17) is 5.73 Å². The number of hydrogen-bond donors (Lipinski definition) is 1. The maximum absolute atomic E-state index is 12.7. The number of carbonyl (C=O) groups excluding carboxylic acids is 1. The van der Waals surface area contributed by atoms with E-state index in [1.54, 1.807) is 0 Å². The zero-order valence-corrected chi connectivity index (χ0v) is 11.1. The van der Waals surface area contributed by atoms with Crippen LogP contribution >= 0.6 is 0 Å². The second kappa shape index (κ2) is 3.99. The van der Waals surface area contributed by atoms with E-state index in [0.29, 0.717) is 23.7 Å². The van der Waals surface area contributed by atoms with Crippen LogP contribution < -0.4 is 10.6 Å². The molecule has 1 aromatic rings. The Labute approximate surface area is 113 Å². The highest BCUT2D eigenvalue weighted by atomic mass is 16.2. The summed E-state index contributed by atoms with van der Waals surface area (Å²) in [6.07, 6.45) is 5.99. The van der Waals surface area contributed by atoms with Crippen molar-refractivity contribution in [3.63, 3.8) is 0 Å². The molecule has 2 fully saturated rings. The van der Waals surface area contributed by atoms with Gasteiger partial charge in [-0.05, 0) is 55.2 Å². The van der Waals surface area contributed by atoms with Crippen LogP contribution in [0, 0.1) is 17.8 Å². The van der Waals surface area contributed by atoms with Crippen LogP contribution in [-0.4, -0.2) is 12.5 Å². The lowest BCUT2D eigenvalue weighted by molar-refractivity contribution is -0.120. The van der Waals surface area contributed by atoms with Gasteiger partial charge in [0.05, 0.1) is 0 Å². The Morgan fingerprint density at radius 3 is 2.79 bits per heavy atom. The molecule has 100 valence electrons. The van der Waals surface area contributed by atoms with Crippen molar-refractivity contribution < 1.29 is 4.79 Å². The predicted molar refractivity (Wildman–Crippen MR) is 75.8 cm³/mol. The molecule has 1 aromatic carbocycles. The Morgan fingerprint density at radius 1 is 1.21 bits per heavy atom. The van der Waals surface area contributed by atoms with Gasteiger partial charge in [0.25, 0.3) is 0 Å². The molecule has 1 heterocycles. The fourth-order valence-electron chi connectivity index (χ4n) is 4.19. The Hall–Kier alpha value is -1.51. The molecule has 2 aliphatic carbocycles. The number of amides is 1. The Morgan fingerprint density at radius 2 is 2.00 bits per heavy atom. The van der Waals surface area contributed by atoms with Crippen molar-refractivity contribution >= 4 is 17.3 Å². The van der Waals surface area contributed by atoms with Crippen LogP contribution in [0.3, 0.4) is 0 Å². The average molecular weight is 256 g/mol. The van der Waals surface area contributed by atoms with Crippen molar-refractivity contribution in [2.24, 2.45) is 17.8 Å². The second-order valence-corrected chi connectivity index (χ2v) is 6.27. The molecule has 3 heteroatoms. The lowest BCUT2D eigenvalue weighted by Gasteiger charge is -2.30. The van der Waals surface area contributed by atoms with Crippen LogP contribution in [0.4, 0.5) is 11.4 Å². The smallest absolute Gasteiger partial charge is 0.230 e. The Kier molecular flexibility index (Phi) is 2.38. The Balaban J connectivity index is 1.63. The summed E-state index contributed by atoms with van der Waals surface area (Å²) in [5, 5.41) is 0. The van der Waals surface area contributed by atoms with Gasteiger partial charge in [-0.1, -0.05) is 12.5 Å². The number of anilines is 2. The number of carbonyl (C=O) groups is 1. The van der Waals surface area contributed by atoms with Gasteiger partial charge in [-0.25, -0.2) is 0 Å². The van der Waals surface area contributed by atoms with E-state index >= 15 is 0 Å². The normalized spacial score (nSPS) is 31.8. The van der Waals surface area contributed by atoms with Crippen LogP contribution in [0.25, 0.3) is 0 Å². The van der Waals surface area contributed by atoms with Gasteiger partial charge in [0.1, 0.15) is 0 Å². The summed E-state index contributed by atoms with van der Waals surface area (Å²) in [6, 6.07) is 6.00. The molecule has 1 amide bonds. The van der Waals surface area contributed by atoms with E-state index in [2.05, 4.69) is 6.07 Å². The number of benzene rings is 1. The summed E-state index contributed by atoms with van der Waals surface area (Å²) in [4.78, 5) is 14.7. The van der Waals surface area contributed by atoms with Gasteiger partial charge < -0.3 is 10.6 Å². The third-order valence-corrected chi connectivity index (χ3v) is 5.19. The maximum atomic E-state index is 12.7. The molecule has 0 spiro atoms. The van der Waals surface area contributed by atoms with Gasteiger partial charge in [0, 0.05) is 23.8 Å². The molecule has 1 aliphatic heterocycles. The quantitative estimate of drug-likeness (QED) is 0.785. The SMILES string of the molecule is Nc1ccc2c(c1)N(C(=O)C1C3CCCC31)CCC2. The molecule has 2 N–H and O–H groups in total. The van der Waals surface area contributed by atoms with Crippen LogP contribution in [0.1, 0.15) is 31.2 Å². The van der Waals surface area contributed by atoms with Gasteiger partial charge in [0.15, 0.2) is 0 Å². The van der Waals surface area contributed by atoms with Gasteiger partial charge in [0.2, 0.25) is 5.91 Å². The molecule has 2 unspecified atom stereocenters. The molecular weight excluding hydrogens is 236 g/mol. The minimum atomic E-state index is 0.320. The monoisotopic (exact) mass is 256 g/mol. The van der Waals surface area contributed by atoms with Crippen molar-refractivity contribution in [2.45, 2.75) is 32.1 Å². The van der Waals surface area contributed by atoms with Crippen molar-refractivity contribution in [3.05, 3.63) is 23.8 Å². The molecule has 4 rings (SSSR count). The van der Waals surface area contributed by atoms with Crippen molar-refractivity contribution in [2.75, 3.05) is 17.2 Å². The summed E-state index contributed by atoms with van der Waals surface area (Å²) in [6.45, 7) is 0.866. The van der Waals surface area contributed by atoms with Crippen LogP contribution in [-0.2, 0) is 11.2 Å². The fourth-order valence-corrected chi connectivity index (χ4v) is 4.19. The first-order valence-corrected chi connectivity index (χ1v) is 7.45. The predicted octanol–water partition coefficient (Wildman–Crippen LogP) is 2.59. The Bertz CT molecular complexity index is 530. The van der Waals surface area contributed by atoms with Crippen LogP contribution in [0.5, 0.6) is 0 Å². The first kappa shape index (κ1) is 11.3. The molecule has 19 heavy (non-hydrogen) atoms. The third-order valence-electron chi connectivity index (χ3n) is 5.19. The van der Waals surface area contributed by atoms with Gasteiger partial charge in [-0.3, -0.25) is 4.79 Å².